The minimum Gasteiger partial charge on any atom is -0.310 e. The lowest BCUT2D eigenvalue weighted by Crippen LogP contribution is -2.32. The molecule has 1 atom stereocenters. The van der Waals surface area contributed by atoms with Gasteiger partial charge in [-0.25, -0.2) is 9.18 Å². The van der Waals surface area contributed by atoms with Crippen LogP contribution in [0.3, 0.4) is 0 Å². The molecule has 19 heavy (non-hydrogen) atoms. The first-order valence-electron chi connectivity index (χ1n) is 6.48. The largest absolute Gasteiger partial charge is 0.323 e. The summed E-state index contributed by atoms with van der Waals surface area (Å²) in [4.78, 5) is 13.6. The van der Waals surface area contributed by atoms with Gasteiger partial charge in [0.15, 0.2) is 0 Å². The highest BCUT2D eigenvalue weighted by atomic mass is 19.1. The van der Waals surface area contributed by atoms with E-state index in [4.69, 9.17) is 5.41 Å². The van der Waals surface area contributed by atoms with Crippen LogP contribution in [0.1, 0.15) is 30.0 Å². The average Bonchev–Trinajstić information content (AvgIpc) is 3.09. The number of hydrogen-bond donors (Lipinski definition) is 2. The zero-order chi connectivity index (χ0) is 13.6. The van der Waals surface area contributed by atoms with Crippen molar-refractivity contribution in [3.8, 4) is 0 Å². The van der Waals surface area contributed by atoms with Crippen LogP contribution in [-0.4, -0.2) is 23.3 Å². The van der Waals surface area contributed by atoms with Crippen molar-refractivity contribution in [2.24, 2.45) is 5.92 Å². The van der Waals surface area contributed by atoms with E-state index in [1.54, 1.807) is 11.0 Å². The molecule has 0 bridgehead atoms. The molecule has 3 rings (SSSR count). The van der Waals surface area contributed by atoms with Gasteiger partial charge in [-0.1, -0.05) is 6.07 Å². The molecule has 4 nitrogen and oxygen atoms in total. The number of amidine groups is 1. The van der Waals surface area contributed by atoms with Crippen molar-refractivity contribution in [1.29, 1.82) is 5.41 Å². The van der Waals surface area contributed by atoms with E-state index >= 15 is 0 Å². The number of hydrogen-bond acceptors (Lipinski definition) is 2. The van der Waals surface area contributed by atoms with E-state index < -0.39 is 6.04 Å². The standard InChI is InChI=1S/C14H16FN3O/c1-8-6-10(15)4-5-11(8)12-13(16)17-14(19)18(12)7-9-2-3-9/h4-6,9,12H,2-3,7H2,1H3,(H2,16,17,19). The highest BCUT2D eigenvalue weighted by Crippen LogP contribution is 2.35. The van der Waals surface area contributed by atoms with E-state index in [0.29, 0.717) is 12.5 Å². The number of carbonyl (C=O) groups is 1. The first kappa shape index (κ1) is 12.1. The Labute approximate surface area is 111 Å². The smallest absolute Gasteiger partial charge is 0.310 e. The van der Waals surface area contributed by atoms with Crippen LogP contribution < -0.4 is 5.32 Å². The molecule has 1 saturated carbocycles. The Hall–Kier alpha value is -1.91. The van der Waals surface area contributed by atoms with E-state index in [1.807, 2.05) is 6.92 Å². The SMILES string of the molecule is Cc1cc(F)ccc1C1C(=N)NC(=O)N1CC1CC1. The average molecular weight is 261 g/mol. The molecule has 5 heteroatoms. The lowest BCUT2D eigenvalue weighted by Gasteiger charge is -2.24. The topological polar surface area (TPSA) is 56.2 Å². The van der Waals surface area contributed by atoms with Crippen molar-refractivity contribution in [2.75, 3.05) is 6.54 Å². The Morgan fingerprint density at radius 2 is 2.21 bits per heavy atom. The summed E-state index contributed by atoms with van der Waals surface area (Å²) in [7, 11) is 0. The number of aryl methyl sites for hydroxylation is 1. The molecule has 1 aromatic carbocycles. The van der Waals surface area contributed by atoms with Crippen LogP contribution in [0.25, 0.3) is 0 Å². The van der Waals surface area contributed by atoms with Crippen molar-refractivity contribution in [2.45, 2.75) is 25.8 Å². The maximum atomic E-state index is 13.2. The molecule has 1 unspecified atom stereocenters. The molecule has 0 radical (unpaired) electrons. The van der Waals surface area contributed by atoms with Gasteiger partial charge < -0.3 is 4.90 Å². The van der Waals surface area contributed by atoms with Crippen LogP contribution in [0.2, 0.25) is 0 Å². The van der Waals surface area contributed by atoms with Gasteiger partial charge in [-0.15, -0.1) is 0 Å². The van der Waals surface area contributed by atoms with E-state index in [9.17, 15) is 9.18 Å². The molecule has 1 aliphatic carbocycles. The summed E-state index contributed by atoms with van der Waals surface area (Å²) in [5.74, 6) is 0.444. The normalized spacial score (nSPS) is 22.8. The zero-order valence-corrected chi connectivity index (χ0v) is 10.7. The maximum Gasteiger partial charge on any atom is 0.323 e. The molecular weight excluding hydrogens is 245 g/mol. The number of halogens is 1. The molecule has 1 aromatic rings. The van der Waals surface area contributed by atoms with Crippen molar-refractivity contribution in [1.82, 2.24) is 10.2 Å². The minimum absolute atomic E-state index is 0.181. The monoisotopic (exact) mass is 261 g/mol. The van der Waals surface area contributed by atoms with Crippen LogP contribution in [-0.2, 0) is 0 Å². The third kappa shape index (κ3) is 2.20. The predicted octanol–water partition coefficient (Wildman–Crippen LogP) is 2.59. The van der Waals surface area contributed by atoms with Crippen LogP contribution >= 0.6 is 0 Å². The number of amides is 2. The number of nitrogens with zero attached hydrogens (tertiary/aromatic N) is 1. The summed E-state index contributed by atoms with van der Waals surface area (Å²) in [6, 6.07) is 3.89. The van der Waals surface area contributed by atoms with Crippen LogP contribution in [0.5, 0.6) is 0 Å². The van der Waals surface area contributed by atoms with Crippen molar-refractivity contribution in [3.05, 3.63) is 35.1 Å². The van der Waals surface area contributed by atoms with E-state index in [0.717, 1.165) is 24.0 Å². The van der Waals surface area contributed by atoms with Gasteiger partial charge in [0.25, 0.3) is 0 Å². The second kappa shape index (κ2) is 4.33. The number of urea groups is 1. The van der Waals surface area contributed by atoms with E-state index in [1.165, 1.54) is 12.1 Å². The Morgan fingerprint density at radius 1 is 1.47 bits per heavy atom. The molecular formula is C14H16FN3O. The summed E-state index contributed by atoms with van der Waals surface area (Å²) >= 11 is 0. The van der Waals surface area contributed by atoms with Gasteiger partial charge in [-0.3, -0.25) is 10.7 Å². The van der Waals surface area contributed by atoms with Crippen LogP contribution in [0.15, 0.2) is 18.2 Å². The quantitative estimate of drug-likeness (QED) is 0.863. The summed E-state index contributed by atoms with van der Waals surface area (Å²) in [6.07, 6.45) is 2.29. The van der Waals surface area contributed by atoms with Crippen LogP contribution in [0.4, 0.5) is 9.18 Å². The fourth-order valence-electron chi connectivity index (χ4n) is 2.56. The Kier molecular flexibility index (Phi) is 2.77. The maximum absolute atomic E-state index is 13.2. The number of benzene rings is 1. The van der Waals surface area contributed by atoms with E-state index in [2.05, 4.69) is 5.32 Å². The van der Waals surface area contributed by atoms with Crippen molar-refractivity contribution in [3.63, 3.8) is 0 Å². The summed E-state index contributed by atoms with van der Waals surface area (Å²) < 4.78 is 13.2. The second-order valence-electron chi connectivity index (χ2n) is 5.34. The molecule has 1 saturated heterocycles. The fraction of sp³-hybridized carbons (Fsp3) is 0.429. The van der Waals surface area contributed by atoms with Crippen LogP contribution in [0, 0.1) is 24.1 Å². The highest BCUT2D eigenvalue weighted by Gasteiger charge is 2.40. The molecule has 1 aliphatic heterocycles. The number of carbonyl (C=O) groups excluding carboxylic acids is 1. The van der Waals surface area contributed by atoms with Gasteiger partial charge in [-0.2, -0.15) is 0 Å². The molecule has 2 aliphatic rings. The zero-order valence-electron chi connectivity index (χ0n) is 10.7. The molecule has 0 spiro atoms. The lowest BCUT2D eigenvalue weighted by atomic mass is 9.99. The molecule has 1 heterocycles. The third-order valence-corrected chi connectivity index (χ3v) is 3.77. The van der Waals surface area contributed by atoms with Gasteiger partial charge in [0.05, 0.1) is 0 Å². The van der Waals surface area contributed by atoms with Gasteiger partial charge in [0.2, 0.25) is 0 Å². The van der Waals surface area contributed by atoms with Gasteiger partial charge >= 0.3 is 6.03 Å². The Bertz CT molecular complexity index is 554. The second-order valence-corrected chi connectivity index (χ2v) is 5.34. The van der Waals surface area contributed by atoms with Gasteiger partial charge in [-0.05, 0) is 48.9 Å². The number of nitrogens with one attached hydrogen (secondary N) is 2. The predicted molar refractivity (Wildman–Crippen MR) is 69.6 cm³/mol. The Balaban J connectivity index is 1.94. The summed E-state index contributed by atoms with van der Waals surface area (Å²) in [5, 5.41) is 10.5. The minimum atomic E-state index is -0.395. The summed E-state index contributed by atoms with van der Waals surface area (Å²) in [6.45, 7) is 2.49. The number of rotatable bonds is 3. The van der Waals surface area contributed by atoms with Crippen molar-refractivity contribution >= 4 is 11.9 Å². The highest BCUT2D eigenvalue weighted by molar-refractivity contribution is 6.06. The molecule has 2 amide bonds. The summed E-state index contributed by atoms with van der Waals surface area (Å²) in [5.41, 5.74) is 1.59. The molecule has 100 valence electrons. The Morgan fingerprint density at radius 3 is 2.84 bits per heavy atom. The third-order valence-electron chi connectivity index (χ3n) is 3.77. The first-order valence-corrected chi connectivity index (χ1v) is 6.48. The van der Waals surface area contributed by atoms with Crippen molar-refractivity contribution < 1.29 is 9.18 Å². The molecule has 2 fully saturated rings. The van der Waals surface area contributed by atoms with Gasteiger partial charge in [0, 0.05) is 6.54 Å². The molecule has 0 aromatic heterocycles. The fourth-order valence-corrected chi connectivity index (χ4v) is 2.56. The molecule has 2 N–H and O–H groups in total. The van der Waals surface area contributed by atoms with Gasteiger partial charge in [0.1, 0.15) is 17.7 Å². The first-order chi connectivity index (χ1) is 9.06. The lowest BCUT2D eigenvalue weighted by molar-refractivity contribution is 0.203. The van der Waals surface area contributed by atoms with E-state index in [-0.39, 0.29) is 17.7 Å².